The lowest BCUT2D eigenvalue weighted by atomic mass is 10.2. The molecule has 1 rings (SSSR count). The van der Waals surface area contributed by atoms with Crippen LogP contribution in [0.2, 0.25) is 0 Å². The number of nitrogens with two attached hydrogens (primary N) is 1. The van der Waals surface area contributed by atoms with Crippen LogP contribution in [-0.4, -0.2) is 27.7 Å². The second-order valence-corrected chi connectivity index (χ2v) is 6.06. The minimum atomic E-state index is -4.04. The van der Waals surface area contributed by atoms with Crippen LogP contribution in [0.25, 0.3) is 0 Å². The van der Waals surface area contributed by atoms with Gasteiger partial charge in [-0.05, 0) is 25.5 Å². The molecule has 0 aliphatic carbocycles. The number of para-hydroxylation sites is 1. The Morgan fingerprint density at radius 3 is 2.55 bits per heavy atom. The van der Waals surface area contributed by atoms with E-state index in [1.807, 2.05) is 4.72 Å². The van der Waals surface area contributed by atoms with Gasteiger partial charge in [0.25, 0.3) is 0 Å². The zero-order valence-corrected chi connectivity index (χ0v) is 12.5. The lowest BCUT2D eigenvalue weighted by molar-refractivity contribution is 0.121. The van der Waals surface area contributed by atoms with Crippen LogP contribution in [-0.2, 0) is 21.5 Å². The van der Waals surface area contributed by atoms with E-state index in [-0.39, 0.29) is 6.54 Å². The fourth-order valence-corrected chi connectivity index (χ4v) is 2.36. The van der Waals surface area contributed by atoms with E-state index >= 15 is 0 Å². The highest BCUT2D eigenvalue weighted by Crippen LogP contribution is 2.20. The molecule has 1 aromatic carbocycles. The van der Waals surface area contributed by atoms with Gasteiger partial charge in [-0.15, -0.1) is 0 Å². The highest BCUT2D eigenvalue weighted by atomic mass is 32.2. The van der Waals surface area contributed by atoms with Crippen molar-refractivity contribution in [1.29, 1.82) is 0 Å². The van der Waals surface area contributed by atoms with E-state index in [9.17, 15) is 13.2 Å². The van der Waals surface area contributed by atoms with Gasteiger partial charge in [0.2, 0.25) is 0 Å². The molecule has 112 valence electrons. The summed E-state index contributed by atoms with van der Waals surface area (Å²) < 4.78 is 31.7. The average molecular weight is 301 g/mol. The molecule has 8 heteroatoms. The van der Waals surface area contributed by atoms with E-state index in [4.69, 9.17) is 10.5 Å². The molecule has 0 saturated heterocycles. The number of amides is 1. The van der Waals surface area contributed by atoms with Gasteiger partial charge in [0.05, 0.1) is 11.8 Å². The van der Waals surface area contributed by atoms with Crippen molar-refractivity contribution in [2.45, 2.75) is 26.5 Å². The van der Waals surface area contributed by atoms with Gasteiger partial charge in [-0.2, -0.15) is 8.42 Å². The van der Waals surface area contributed by atoms with Crippen molar-refractivity contribution in [3.63, 3.8) is 0 Å². The van der Waals surface area contributed by atoms with Crippen LogP contribution in [0.3, 0.4) is 0 Å². The quantitative estimate of drug-likeness (QED) is 0.843. The van der Waals surface area contributed by atoms with E-state index in [2.05, 4.69) is 0 Å². The third-order valence-corrected chi connectivity index (χ3v) is 3.81. The molecule has 1 aromatic rings. The number of benzene rings is 1. The van der Waals surface area contributed by atoms with Gasteiger partial charge < -0.3 is 10.5 Å². The second kappa shape index (κ2) is 6.58. The predicted molar refractivity (Wildman–Crippen MR) is 76.4 cm³/mol. The van der Waals surface area contributed by atoms with Crippen molar-refractivity contribution < 1.29 is 17.9 Å². The zero-order valence-electron chi connectivity index (χ0n) is 11.7. The molecule has 0 unspecified atom stereocenters. The van der Waals surface area contributed by atoms with Gasteiger partial charge in [-0.1, -0.05) is 18.2 Å². The Hall–Kier alpha value is -1.80. The molecule has 1 amide bonds. The first-order valence-corrected chi connectivity index (χ1v) is 7.47. The summed E-state index contributed by atoms with van der Waals surface area (Å²) in [5, 5.41) is 0. The normalized spacial score (nSPS) is 11.2. The molecule has 20 heavy (non-hydrogen) atoms. The Kier molecular flexibility index (Phi) is 5.34. The van der Waals surface area contributed by atoms with Crippen LogP contribution >= 0.6 is 0 Å². The van der Waals surface area contributed by atoms with E-state index < -0.39 is 22.4 Å². The fraction of sp³-hybridized carbons (Fsp3) is 0.417. The van der Waals surface area contributed by atoms with Crippen LogP contribution in [0.5, 0.6) is 0 Å². The molecule has 0 aromatic heterocycles. The molecule has 0 bridgehead atoms. The number of carbonyl (C=O) groups is 1. The molecular formula is C12H19N3O4S. The maximum absolute atomic E-state index is 12.1. The molecule has 0 aliphatic rings. The van der Waals surface area contributed by atoms with E-state index in [0.717, 1.165) is 4.31 Å². The maximum atomic E-state index is 12.1. The van der Waals surface area contributed by atoms with Crippen molar-refractivity contribution in [1.82, 2.24) is 4.72 Å². The van der Waals surface area contributed by atoms with Crippen LogP contribution in [0.1, 0.15) is 19.4 Å². The number of anilines is 1. The smallest absolute Gasteiger partial charge is 0.422 e. The monoisotopic (exact) mass is 301 g/mol. The van der Waals surface area contributed by atoms with Crippen molar-refractivity contribution in [3.05, 3.63) is 29.8 Å². The molecule has 0 spiro atoms. The van der Waals surface area contributed by atoms with Crippen molar-refractivity contribution in [2.75, 3.05) is 11.4 Å². The number of hydrogen-bond donors (Lipinski definition) is 2. The maximum Gasteiger partial charge on any atom is 0.422 e. The number of rotatable bonds is 5. The Morgan fingerprint density at radius 2 is 2.00 bits per heavy atom. The summed E-state index contributed by atoms with van der Waals surface area (Å²) in [7, 11) is -2.70. The summed E-state index contributed by atoms with van der Waals surface area (Å²) in [5.74, 6) is 0. The highest BCUT2D eigenvalue weighted by Gasteiger charge is 2.23. The molecular weight excluding hydrogens is 282 g/mol. The zero-order chi connectivity index (χ0) is 15.3. The first kappa shape index (κ1) is 16.3. The minimum absolute atomic E-state index is 0.187. The Bertz CT molecular complexity index is 572. The van der Waals surface area contributed by atoms with E-state index in [1.54, 1.807) is 38.1 Å². The summed E-state index contributed by atoms with van der Waals surface area (Å²) in [4.78, 5) is 11.4. The summed E-state index contributed by atoms with van der Waals surface area (Å²) in [5.41, 5.74) is 6.62. The van der Waals surface area contributed by atoms with Gasteiger partial charge >= 0.3 is 16.3 Å². The molecule has 0 radical (unpaired) electrons. The standard InChI is InChI=1S/C12H19N3O4S/c1-9(2)19-12(16)14-20(17,18)15(3)11-7-5-4-6-10(11)8-13/h4-7,9H,8,13H2,1-3H3,(H,14,16). The Balaban J connectivity index is 2.94. The Labute approximate surface area is 118 Å². The molecule has 0 atom stereocenters. The van der Waals surface area contributed by atoms with Crippen LogP contribution in [0, 0.1) is 0 Å². The molecule has 0 saturated carbocycles. The number of hydrogen-bond acceptors (Lipinski definition) is 5. The Morgan fingerprint density at radius 1 is 1.40 bits per heavy atom. The first-order valence-electron chi connectivity index (χ1n) is 6.03. The largest absolute Gasteiger partial charge is 0.446 e. The topological polar surface area (TPSA) is 102 Å². The van der Waals surface area contributed by atoms with Gasteiger partial charge in [-0.3, -0.25) is 4.31 Å². The van der Waals surface area contributed by atoms with Crippen LogP contribution in [0.15, 0.2) is 24.3 Å². The third-order valence-electron chi connectivity index (χ3n) is 2.47. The van der Waals surface area contributed by atoms with E-state index in [0.29, 0.717) is 11.3 Å². The summed E-state index contributed by atoms with van der Waals surface area (Å²) in [6, 6.07) is 6.77. The highest BCUT2D eigenvalue weighted by molar-refractivity contribution is 7.91. The average Bonchev–Trinajstić information content (AvgIpc) is 2.36. The van der Waals surface area contributed by atoms with E-state index in [1.165, 1.54) is 7.05 Å². The molecule has 0 fully saturated rings. The molecule has 3 N–H and O–H groups in total. The van der Waals surface area contributed by atoms with Gasteiger partial charge in [0.15, 0.2) is 0 Å². The summed E-state index contributed by atoms with van der Waals surface area (Å²) in [6.45, 7) is 3.44. The van der Waals surface area contributed by atoms with Crippen LogP contribution < -0.4 is 14.8 Å². The van der Waals surface area contributed by atoms with Crippen LogP contribution in [0.4, 0.5) is 10.5 Å². The first-order chi connectivity index (χ1) is 9.27. The van der Waals surface area contributed by atoms with Crippen molar-refractivity contribution >= 4 is 22.0 Å². The van der Waals surface area contributed by atoms with Crippen molar-refractivity contribution in [2.24, 2.45) is 5.73 Å². The lowest BCUT2D eigenvalue weighted by Gasteiger charge is -2.22. The number of ether oxygens (including phenoxy) is 1. The number of nitrogens with zero attached hydrogens (tertiary/aromatic N) is 1. The van der Waals surface area contributed by atoms with Gasteiger partial charge in [0.1, 0.15) is 0 Å². The minimum Gasteiger partial charge on any atom is -0.446 e. The second-order valence-electron chi connectivity index (χ2n) is 4.36. The van der Waals surface area contributed by atoms with Gasteiger partial charge in [0, 0.05) is 13.6 Å². The summed E-state index contributed by atoms with van der Waals surface area (Å²) in [6.07, 6.45) is -1.43. The van der Waals surface area contributed by atoms with Crippen molar-refractivity contribution in [3.8, 4) is 0 Å². The van der Waals surface area contributed by atoms with Gasteiger partial charge in [-0.25, -0.2) is 9.52 Å². The SMILES string of the molecule is CC(C)OC(=O)NS(=O)(=O)N(C)c1ccccc1CN. The lowest BCUT2D eigenvalue weighted by Crippen LogP contribution is -2.42. The number of carbonyl (C=O) groups excluding carboxylic acids is 1. The molecule has 0 heterocycles. The number of nitrogens with one attached hydrogen (secondary N) is 1. The summed E-state index contributed by atoms with van der Waals surface area (Å²) >= 11 is 0. The fourth-order valence-electron chi connectivity index (χ4n) is 1.53. The predicted octanol–water partition coefficient (Wildman–Crippen LogP) is 0.961. The molecule has 7 nitrogen and oxygen atoms in total. The third kappa shape index (κ3) is 4.10. The molecule has 0 aliphatic heterocycles.